The van der Waals surface area contributed by atoms with Crippen LogP contribution in [-0.2, 0) is 16.1 Å². The zero-order chi connectivity index (χ0) is 19.8. The number of carbonyl (C=O) groups is 1. The molecule has 0 spiro atoms. The molecule has 5 heteroatoms. The summed E-state index contributed by atoms with van der Waals surface area (Å²) in [6.07, 6.45) is 5.47. The predicted molar refractivity (Wildman–Crippen MR) is 108 cm³/mol. The Balaban J connectivity index is 1.42. The van der Waals surface area contributed by atoms with Gasteiger partial charge in [0.2, 0.25) is 0 Å². The highest BCUT2D eigenvalue weighted by molar-refractivity contribution is 5.74. The van der Waals surface area contributed by atoms with Gasteiger partial charge < -0.3 is 4.74 Å². The highest BCUT2D eigenvalue weighted by Gasteiger charge is 2.41. The van der Waals surface area contributed by atoms with Gasteiger partial charge in [-0.05, 0) is 41.0 Å². The van der Waals surface area contributed by atoms with Crippen LogP contribution in [-0.4, -0.2) is 28.6 Å². The van der Waals surface area contributed by atoms with Crippen LogP contribution in [0.25, 0.3) is 17.2 Å². The van der Waals surface area contributed by atoms with Crippen molar-refractivity contribution in [3.8, 4) is 11.1 Å². The third-order valence-corrected chi connectivity index (χ3v) is 5.46. The summed E-state index contributed by atoms with van der Waals surface area (Å²) >= 11 is 0. The van der Waals surface area contributed by atoms with Gasteiger partial charge in [0.05, 0.1) is 11.6 Å². The molecule has 4 nitrogen and oxygen atoms in total. The smallest absolute Gasteiger partial charge is 0.321 e. The number of halogens is 1. The first-order chi connectivity index (χ1) is 14.2. The van der Waals surface area contributed by atoms with E-state index in [-0.39, 0.29) is 23.9 Å². The number of nitrogens with zero attached hydrogens (tertiary/aromatic N) is 2. The Labute approximate surface area is 168 Å². The SMILES string of the molecule is O=C1CN2Cc3ccccc3C(C=Cc3ccc(-c4cccc(F)c4)cn3)[C@H]2O1. The molecule has 0 radical (unpaired) electrons. The van der Waals surface area contributed by atoms with Crippen molar-refractivity contribution in [1.29, 1.82) is 0 Å². The van der Waals surface area contributed by atoms with Gasteiger partial charge >= 0.3 is 5.97 Å². The van der Waals surface area contributed by atoms with E-state index >= 15 is 0 Å². The molecule has 1 unspecified atom stereocenters. The number of aromatic nitrogens is 1. The first-order valence-electron chi connectivity index (χ1n) is 9.59. The van der Waals surface area contributed by atoms with Gasteiger partial charge in [0.1, 0.15) is 12.4 Å². The number of rotatable bonds is 3. The third kappa shape index (κ3) is 3.45. The molecule has 0 N–H and O–H groups in total. The van der Waals surface area contributed by atoms with Crippen molar-refractivity contribution in [2.75, 3.05) is 6.54 Å². The molecular formula is C24H19FN2O2. The molecule has 2 aliphatic heterocycles. The standard InChI is InChI=1S/C24H19FN2O2/c25-19-6-3-5-16(12-19)17-8-9-20(26-13-17)10-11-22-21-7-2-1-4-18(21)14-27-15-23(28)29-24(22)27/h1-13,22,24H,14-15H2/t22?,24-/m1/s1. The number of hydrogen-bond donors (Lipinski definition) is 0. The van der Waals surface area contributed by atoms with Crippen LogP contribution in [0.2, 0.25) is 0 Å². The second-order valence-corrected chi connectivity index (χ2v) is 7.35. The van der Waals surface area contributed by atoms with Gasteiger partial charge in [-0.25, -0.2) is 4.39 Å². The van der Waals surface area contributed by atoms with E-state index in [1.54, 1.807) is 12.3 Å². The highest BCUT2D eigenvalue weighted by Crippen LogP contribution is 2.37. The fourth-order valence-corrected chi connectivity index (χ4v) is 4.07. The number of hydrogen-bond acceptors (Lipinski definition) is 4. The molecule has 2 atom stereocenters. The Morgan fingerprint density at radius 3 is 2.76 bits per heavy atom. The topological polar surface area (TPSA) is 42.4 Å². The van der Waals surface area contributed by atoms with Crippen LogP contribution < -0.4 is 0 Å². The van der Waals surface area contributed by atoms with Crippen LogP contribution in [0.3, 0.4) is 0 Å². The van der Waals surface area contributed by atoms with E-state index in [4.69, 9.17) is 4.74 Å². The first kappa shape index (κ1) is 17.8. The number of benzene rings is 2. The lowest BCUT2D eigenvalue weighted by Gasteiger charge is -2.34. The van der Waals surface area contributed by atoms with Crippen LogP contribution >= 0.6 is 0 Å². The van der Waals surface area contributed by atoms with Crippen LogP contribution in [0.5, 0.6) is 0 Å². The molecule has 2 aliphatic rings. The van der Waals surface area contributed by atoms with Crippen molar-refractivity contribution < 1.29 is 13.9 Å². The van der Waals surface area contributed by atoms with E-state index in [1.807, 2.05) is 36.4 Å². The number of ether oxygens (including phenoxy) is 1. The number of fused-ring (bicyclic) bond motifs is 2. The minimum absolute atomic E-state index is 0.0453. The molecular weight excluding hydrogens is 367 g/mol. The van der Waals surface area contributed by atoms with Crippen LogP contribution in [0, 0.1) is 5.82 Å². The molecule has 3 heterocycles. The van der Waals surface area contributed by atoms with Crippen molar-refractivity contribution in [2.24, 2.45) is 0 Å². The van der Waals surface area contributed by atoms with Gasteiger partial charge in [0.15, 0.2) is 6.23 Å². The summed E-state index contributed by atoms with van der Waals surface area (Å²) < 4.78 is 19.0. The second kappa shape index (κ2) is 7.26. The molecule has 1 saturated heterocycles. The Bertz CT molecular complexity index is 1090. The highest BCUT2D eigenvalue weighted by atomic mass is 19.1. The number of esters is 1. The normalized spacial score (nSPS) is 21.1. The maximum atomic E-state index is 13.4. The molecule has 2 aromatic carbocycles. The number of pyridine rings is 1. The molecule has 0 bridgehead atoms. The van der Waals surface area contributed by atoms with E-state index in [0.29, 0.717) is 6.54 Å². The summed E-state index contributed by atoms with van der Waals surface area (Å²) in [6.45, 7) is 1.04. The van der Waals surface area contributed by atoms with E-state index < -0.39 is 0 Å². The van der Waals surface area contributed by atoms with Crippen LogP contribution in [0.4, 0.5) is 4.39 Å². The van der Waals surface area contributed by atoms with Crippen molar-refractivity contribution in [1.82, 2.24) is 9.88 Å². The zero-order valence-electron chi connectivity index (χ0n) is 15.7. The molecule has 5 rings (SSSR count). The monoisotopic (exact) mass is 386 g/mol. The minimum atomic E-state index is -0.278. The van der Waals surface area contributed by atoms with Crippen molar-refractivity contribution in [3.63, 3.8) is 0 Å². The third-order valence-electron chi connectivity index (χ3n) is 5.46. The molecule has 0 saturated carbocycles. The molecule has 29 heavy (non-hydrogen) atoms. The Hall–Kier alpha value is -3.31. The van der Waals surface area contributed by atoms with Gasteiger partial charge in [-0.3, -0.25) is 14.7 Å². The zero-order valence-corrected chi connectivity index (χ0v) is 15.7. The van der Waals surface area contributed by atoms with Gasteiger partial charge in [0, 0.05) is 18.3 Å². The summed E-state index contributed by atoms with van der Waals surface area (Å²) in [5, 5.41) is 0. The lowest BCUT2D eigenvalue weighted by Crippen LogP contribution is -2.38. The maximum Gasteiger partial charge on any atom is 0.321 e. The second-order valence-electron chi connectivity index (χ2n) is 7.35. The van der Waals surface area contributed by atoms with E-state index in [1.165, 1.54) is 23.3 Å². The minimum Gasteiger partial charge on any atom is -0.444 e. The summed E-state index contributed by atoms with van der Waals surface area (Å²) in [4.78, 5) is 18.4. The molecule has 144 valence electrons. The quantitative estimate of drug-likeness (QED) is 0.627. The van der Waals surface area contributed by atoms with Crippen molar-refractivity contribution >= 4 is 12.0 Å². The summed E-state index contributed by atoms with van der Waals surface area (Å²) in [7, 11) is 0. The molecule has 0 aliphatic carbocycles. The fourth-order valence-electron chi connectivity index (χ4n) is 4.07. The molecule has 3 aromatic rings. The maximum absolute atomic E-state index is 13.4. The summed E-state index contributed by atoms with van der Waals surface area (Å²) in [5.74, 6) is -0.493. The van der Waals surface area contributed by atoms with E-state index in [9.17, 15) is 9.18 Å². The van der Waals surface area contributed by atoms with Gasteiger partial charge in [-0.1, -0.05) is 48.5 Å². The largest absolute Gasteiger partial charge is 0.444 e. The summed E-state index contributed by atoms with van der Waals surface area (Å²) in [5.41, 5.74) is 4.84. The lowest BCUT2D eigenvalue weighted by molar-refractivity contribution is -0.142. The van der Waals surface area contributed by atoms with Gasteiger partial charge in [-0.2, -0.15) is 0 Å². The van der Waals surface area contributed by atoms with Crippen LogP contribution in [0.1, 0.15) is 22.7 Å². The Kier molecular flexibility index (Phi) is 4.45. The van der Waals surface area contributed by atoms with Crippen LogP contribution in [0.15, 0.2) is 72.9 Å². The Morgan fingerprint density at radius 2 is 1.93 bits per heavy atom. The fraction of sp³-hybridized carbons (Fsp3) is 0.167. The molecule has 0 amide bonds. The van der Waals surface area contributed by atoms with E-state index in [2.05, 4.69) is 28.1 Å². The average molecular weight is 386 g/mol. The summed E-state index contributed by atoms with van der Waals surface area (Å²) in [6, 6.07) is 18.5. The predicted octanol–water partition coefficient (Wildman–Crippen LogP) is 4.38. The average Bonchev–Trinajstić information content (AvgIpc) is 3.11. The molecule has 1 fully saturated rings. The van der Waals surface area contributed by atoms with Crippen molar-refractivity contribution in [3.05, 3.63) is 95.6 Å². The molecule has 1 aromatic heterocycles. The lowest BCUT2D eigenvalue weighted by atomic mass is 9.88. The van der Waals surface area contributed by atoms with Gasteiger partial charge in [-0.15, -0.1) is 0 Å². The number of carbonyl (C=O) groups excluding carboxylic acids is 1. The van der Waals surface area contributed by atoms with Crippen molar-refractivity contribution in [2.45, 2.75) is 18.7 Å². The Morgan fingerprint density at radius 1 is 1.03 bits per heavy atom. The first-order valence-corrected chi connectivity index (χ1v) is 9.59. The van der Waals surface area contributed by atoms with Gasteiger partial charge in [0.25, 0.3) is 0 Å². The van der Waals surface area contributed by atoms with E-state index in [0.717, 1.165) is 23.4 Å².